The molecule has 0 saturated carbocycles. The summed E-state index contributed by atoms with van der Waals surface area (Å²) in [6, 6.07) is 3.74. The number of hydrogen-bond acceptors (Lipinski definition) is 3. The van der Waals surface area contributed by atoms with Crippen molar-refractivity contribution in [2.45, 2.75) is 25.6 Å². The van der Waals surface area contributed by atoms with E-state index in [2.05, 4.69) is 18.8 Å². The SMILES string of the molecule is CC(C)SCCn1cc2ncccc2c1O. The van der Waals surface area contributed by atoms with E-state index in [0.717, 1.165) is 23.2 Å². The van der Waals surface area contributed by atoms with Crippen LogP contribution in [0.5, 0.6) is 5.88 Å². The maximum atomic E-state index is 9.97. The minimum atomic E-state index is 0.326. The molecule has 0 spiro atoms. The Morgan fingerprint density at radius 1 is 1.50 bits per heavy atom. The highest BCUT2D eigenvalue weighted by molar-refractivity contribution is 7.99. The van der Waals surface area contributed by atoms with Gasteiger partial charge in [-0.05, 0) is 17.4 Å². The number of fused-ring (bicyclic) bond motifs is 1. The lowest BCUT2D eigenvalue weighted by molar-refractivity contribution is 0.428. The van der Waals surface area contributed by atoms with Crippen molar-refractivity contribution in [3.8, 4) is 5.88 Å². The molecule has 0 amide bonds. The van der Waals surface area contributed by atoms with Crippen LogP contribution in [0.3, 0.4) is 0 Å². The molecule has 0 fully saturated rings. The minimum Gasteiger partial charge on any atom is -0.494 e. The largest absolute Gasteiger partial charge is 0.494 e. The van der Waals surface area contributed by atoms with Gasteiger partial charge in [-0.2, -0.15) is 11.8 Å². The van der Waals surface area contributed by atoms with E-state index in [1.165, 1.54) is 0 Å². The van der Waals surface area contributed by atoms with E-state index < -0.39 is 0 Å². The van der Waals surface area contributed by atoms with Gasteiger partial charge >= 0.3 is 0 Å². The van der Waals surface area contributed by atoms with Crippen molar-refractivity contribution in [1.29, 1.82) is 0 Å². The first-order chi connectivity index (χ1) is 7.68. The van der Waals surface area contributed by atoms with Gasteiger partial charge in [-0.1, -0.05) is 13.8 Å². The first kappa shape index (κ1) is 11.3. The van der Waals surface area contributed by atoms with Gasteiger partial charge in [-0.15, -0.1) is 0 Å². The van der Waals surface area contributed by atoms with E-state index in [4.69, 9.17) is 0 Å². The van der Waals surface area contributed by atoms with Gasteiger partial charge in [0.25, 0.3) is 0 Å². The Balaban J connectivity index is 2.15. The molecule has 0 radical (unpaired) electrons. The molecule has 3 nitrogen and oxygen atoms in total. The fourth-order valence-corrected chi connectivity index (χ4v) is 2.40. The summed E-state index contributed by atoms with van der Waals surface area (Å²) in [6.45, 7) is 5.18. The Kier molecular flexibility index (Phi) is 3.39. The number of pyridine rings is 1. The van der Waals surface area contributed by atoms with Gasteiger partial charge in [0, 0.05) is 24.7 Å². The van der Waals surface area contributed by atoms with Crippen LogP contribution < -0.4 is 0 Å². The highest BCUT2D eigenvalue weighted by Gasteiger charge is 2.07. The predicted molar refractivity (Wildman–Crippen MR) is 69.0 cm³/mol. The van der Waals surface area contributed by atoms with Crippen molar-refractivity contribution >= 4 is 22.7 Å². The molecule has 0 aliphatic heterocycles. The zero-order valence-corrected chi connectivity index (χ0v) is 10.4. The molecule has 2 heterocycles. The average Bonchev–Trinajstić information content (AvgIpc) is 2.56. The van der Waals surface area contributed by atoms with Crippen LogP contribution in [0.4, 0.5) is 0 Å². The molecular formula is C12H16N2OS. The van der Waals surface area contributed by atoms with E-state index >= 15 is 0 Å². The fourth-order valence-electron chi connectivity index (χ4n) is 1.63. The van der Waals surface area contributed by atoms with Gasteiger partial charge in [-0.3, -0.25) is 4.98 Å². The fraction of sp³-hybridized carbons (Fsp3) is 0.417. The second-order valence-corrected chi connectivity index (χ2v) is 5.69. The molecule has 0 atom stereocenters. The predicted octanol–water partition coefficient (Wildman–Crippen LogP) is 2.88. The molecule has 4 heteroatoms. The lowest BCUT2D eigenvalue weighted by Gasteiger charge is -2.06. The Labute approximate surface area is 99.5 Å². The minimum absolute atomic E-state index is 0.326. The maximum Gasteiger partial charge on any atom is 0.200 e. The van der Waals surface area contributed by atoms with Crippen LogP contribution in [-0.2, 0) is 6.54 Å². The summed E-state index contributed by atoms with van der Waals surface area (Å²) in [5.41, 5.74) is 0.856. The van der Waals surface area contributed by atoms with Crippen molar-refractivity contribution in [2.24, 2.45) is 0 Å². The van der Waals surface area contributed by atoms with Crippen molar-refractivity contribution in [2.75, 3.05) is 5.75 Å². The number of hydrogen-bond donors (Lipinski definition) is 1. The third kappa shape index (κ3) is 2.32. The topological polar surface area (TPSA) is 38.0 Å². The first-order valence-electron chi connectivity index (χ1n) is 5.43. The van der Waals surface area contributed by atoms with Gasteiger partial charge < -0.3 is 9.67 Å². The lowest BCUT2D eigenvalue weighted by atomic mass is 10.3. The number of aromatic nitrogens is 2. The maximum absolute atomic E-state index is 9.97. The van der Waals surface area contributed by atoms with Crippen molar-refractivity contribution in [3.05, 3.63) is 24.5 Å². The van der Waals surface area contributed by atoms with E-state index in [-0.39, 0.29) is 0 Å². The van der Waals surface area contributed by atoms with Crippen molar-refractivity contribution in [3.63, 3.8) is 0 Å². The quantitative estimate of drug-likeness (QED) is 0.887. The smallest absolute Gasteiger partial charge is 0.200 e. The second-order valence-electron chi connectivity index (χ2n) is 4.00. The van der Waals surface area contributed by atoms with E-state index in [1.54, 1.807) is 6.20 Å². The van der Waals surface area contributed by atoms with Crippen molar-refractivity contribution in [1.82, 2.24) is 9.55 Å². The standard InChI is InChI=1S/C12H16N2OS/c1-9(2)16-7-6-14-8-11-10(12(14)15)4-3-5-13-11/h3-5,8-9,15H,6-7H2,1-2H3. The second kappa shape index (κ2) is 4.78. The third-order valence-corrected chi connectivity index (χ3v) is 3.50. The van der Waals surface area contributed by atoms with Crippen LogP contribution in [0.15, 0.2) is 24.5 Å². The molecule has 0 aliphatic rings. The molecule has 0 aliphatic carbocycles. The average molecular weight is 236 g/mol. The molecule has 16 heavy (non-hydrogen) atoms. The van der Waals surface area contributed by atoms with E-state index in [9.17, 15) is 5.11 Å². The molecule has 86 valence electrons. The number of nitrogens with zero attached hydrogens (tertiary/aromatic N) is 2. The van der Waals surface area contributed by atoms with Gasteiger partial charge in [-0.25, -0.2) is 0 Å². The monoisotopic (exact) mass is 236 g/mol. The van der Waals surface area contributed by atoms with Crippen molar-refractivity contribution < 1.29 is 5.11 Å². The molecule has 1 N–H and O–H groups in total. The summed E-state index contributed by atoms with van der Waals surface area (Å²) in [5.74, 6) is 1.33. The molecule has 0 bridgehead atoms. The van der Waals surface area contributed by atoms with Gasteiger partial charge in [0.15, 0.2) is 0 Å². The van der Waals surface area contributed by atoms with Gasteiger partial charge in [0.05, 0.1) is 10.9 Å². The van der Waals surface area contributed by atoms with E-state index in [0.29, 0.717) is 11.1 Å². The van der Waals surface area contributed by atoms with E-state index in [1.807, 2.05) is 34.7 Å². The lowest BCUT2D eigenvalue weighted by Crippen LogP contribution is -2.00. The summed E-state index contributed by atoms with van der Waals surface area (Å²) in [4.78, 5) is 4.22. The van der Waals surface area contributed by atoms with Crippen LogP contribution in [0.1, 0.15) is 13.8 Å². The number of aryl methyl sites for hydroxylation is 1. The Bertz CT molecular complexity index is 479. The molecule has 0 unspecified atom stereocenters. The van der Waals surface area contributed by atoms with Gasteiger partial charge in [0.2, 0.25) is 5.88 Å². The zero-order valence-electron chi connectivity index (χ0n) is 9.55. The first-order valence-corrected chi connectivity index (χ1v) is 6.48. The molecule has 0 aromatic carbocycles. The van der Waals surface area contributed by atoms with Crippen LogP contribution in [0.25, 0.3) is 10.9 Å². The summed E-state index contributed by atoms with van der Waals surface area (Å²) in [5, 5.41) is 11.4. The normalized spacial score (nSPS) is 11.4. The molecule has 0 saturated heterocycles. The van der Waals surface area contributed by atoms with Crippen LogP contribution in [-0.4, -0.2) is 25.7 Å². The van der Waals surface area contributed by atoms with Crippen LogP contribution in [0.2, 0.25) is 0 Å². The number of aromatic hydroxyl groups is 1. The summed E-state index contributed by atoms with van der Waals surface area (Å²) in [6.07, 6.45) is 3.65. The third-order valence-electron chi connectivity index (χ3n) is 2.41. The molecular weight excluding hydrogens is 220 g/mol. The zero-order chi connectivity index (χ0) is 11.5. The van der Waals surface area contributed by atoms with Crippen LogP contribution >= 0.6 is 11.8 Å². The number of rotatable bonds is 4. The summed E-state index contributed by atoms with van der Waals surface area (Å²) >= 11 is 1.89. The highest BCUT2D eigenvalue weighted by Crippen LogP contribution is 2.25. The Morgan fingerprint density at radius 3 is 3.00 bits per heavy atom. The Morgan fingerprint density at radius 2 is 2.31 bits per heavy atom. The van der Waals surface area contributed by atoms with Crippen LogP contribution in [0, 0.1) is 0 Å². The molecule has 2 aromatic heterocycles. The summed E-state index contributed by atoms with van der Waals surface area (Å²) in [7, 11) is 0. The molecule has 2 aromatic rings. The Hall–Kier alpha value is -1.16. The highest BCUT2D eigenvalue weighted by atomic mass is 32.2. The number of thioether (sulfide) groups is 1. The van der Waals surface area contributed by atoms with Gasteiger partial charge in [0.1, 0.15) is 0 Å². The summed E-state index contributed by atoms with van der Waals surface area (Å²) < 4.78 is 1.87. The molecule has 2 rings (SSSR count).